The van der Waals surface area contributed by atoms with Gasteiger partial charge in [0, 0.05) is 5.02 Å². The Kier molecular flexibility index (Phi) is 10.6. The van der Waals surface area contributed by atoms with Crippen molar-refractivity contribution >= 4 is 21.7 Å². The average Bonchev–Trinajstić information content (AvgIpc) is 2.53. The lowest BCUT2D eigenvalue weighted by Crippen LogP contribution is -2.07. The van der Waals surface area contributed by atoms with E-state index < -0.39 is 10.1 Å². The summed E-state index contributed by atoms with van der Waals surface area (Å²) < 4.78 is 28.9. The Morgan fingerprint density at radius 1 is 0.826 bits per heavy atom. The largest absolute Gasteiger partial charge is 0.296 e. The van der Waals surface area contributed by atoms with E-state index in [1.807, 2.05) is 0 Å². The van der Waals surface area contributed by atoms with Gasteiger partial charge < -0.3 is 0 Å². The summed E-state index contributed by atoms with van der Waals surface area (Å²) in [6, 6.07) is 6.04. The molecule has 0 amide bonds. The first-order chi connectivity index (χ1) is 11.1. The quantitative estimate of drug-likeness (QED) is 0.321. The lowest BCUT2D eigenvalue weighted by molar-refractivity contribution is 0.306. The molecule has 0 saturated carbocycles. The first-order valence-corrected chi connectivity index (χ1v) is 10.5. The molecule has 0 unspecified atom stereocenters. The summed E-state index contributed by atoms with van der Waals surface area (Å²) in [5.74, 6) is 0. The van der Waals surface area contributed by atoms with Crippen LogP contribution in [0.3, 0.4) is 0 Å². The molecule has 23 heavy (non-hydrogen) atoms. The molecule has 0 N–H and O–H groups in total. The number of benzene rings is 1. The van der Waals surface area contributed by atoms with Gasteiger partial charge in [0.1, 0.15) is 0 Å². The fourth-order valence-corrected chi connectivity index (χ4v) is 3.50. The zero-order valence-corrected chi connectivity index (χ0v) is 15.7. The predicted molar refractivity (Wildman–Crippen MR) is 96.4 cm³/mol. The van der Waals surface area contributed by atoms with E-state index in [2.05, 4.69) is 6.92 Å². The first-order valence-electron chi connectivity index (χ1n) is 8.71. The third-order valence-corrected chi connectivity index (χ3v) is 5.42. The van der Waals surface area contributed by atoms with Gasteiger partial charge in [-0.15, -0.1) is 0 Å². The normalized spacial score (nSPS) is 11.7. The monoisotopic (exact) mass is 360 g/mol. The maximum Gasteiger partial charge on any atom is 0.296 e. The highest BCUT2D eigenvalue weighted by atomic mass is 35.5. The van der Waals surface area contributed by atoms with Gasteiger partial charge in [0.25, 0.3) is 10.1 Å². The lowest BCUT2D eigenvalue weighted by Gasteiger charge is -2.06. The Bertz CT molecular complexity index is 512. The molecular formula is C18H29ClO3S. The highest BCUT2D eigenvalue weighted by Crippen LogP contribution is 2.17. The number of halogens is 1. The van der Waals surface area contributed by atoms with Crippen LogP contribution in [0.5, 0.6) is 0 Å². The summed E-state index contributed by atoms with van der Waals surface area (Å²) >= 11 is 5.75. The van der Waals surface area contributed by atoms with Crippen molar-refractivity contribution in [1.29, 1.82) is 0 Å². The molecule has 0 spiro atoms. The van der Waals surface area contributed by atoms with E-state index in [1.165, 1.54) is 57.1 Å². The van der Waals surface area contributed by atoms with Crippen LogP contribution in [-0.4, -0.2) is 15.0 Å². The van der Waals surface area contributed by atoms with Gasteiger partial charge in [-0.2, -0.15) is 8.42 Å². The zero-order valence-electron chi connectivity index (χ0n) is 14.1. The van der Waals surface area contributed by atoms with Crippen molar-refractivity contribution in [3.8, 4) is 0 Å². The topological polar surface area (TPSA) is 43.4 Å². The van der Waals surface area contributed by atoms with E-state index in [1.54, 1.807) is 12.1 Å². The summed E-state index contributed by atoms with van der Waals surface area (Å²) in [5.41, 5.74) is 0. The minimum atomic E-state index is -3.65. The molecular weight excluding hydrogens is 332 g/mol. The molecule has 0 heterocycles. The molecule has 0 fully saturated rings. The number of hydrogen-bond acceptors (Lipinski definition) is 3. The van der Waals surface area contributed by atoms with Gasteiger partial charge >= 0.3 is 0 Å². The van der Waals surface area contributed by atoms with Crippen LogP contribution in [0.25, 0.3) is 0 Å². The number of unbranched alkanes of at least 4 members (excludes halogenated alkanes) is 9. The lowest BCUT2D eigenvalue weighted by atomic mass is 10.1. The second-order valence-corrected chi connectivity index (χ2v) is 7.96. The van der Waals surface area contributed by atoms with Crippen LogP contribution in [-0.2, 0) is 14.3 Å². The average molecular weight is 361 g/mol. The third-order valence-electron chi connectivity index (χ3n) is 3.84. The summed E-state index contributed by atoms with van der Waals surface area (Å²) in [5, 5.41) is 0.513. The van der Waals surface area contributed by atoms with Gasteiger partial charge in [-0.05, 0) is 30.7 Å². The number of rotatable bonds is 13. The summed E-state index contributed by atoms with van der Waals surface area (Å²) in [6.45, 7) is 2.48. The zero-order chi connectivity index (χ0) is 17.0. The minimum Gasteiger partial charge on any atom is -0.266 e. The minimum absolute atomic E-state index is 0.161. The van der Waals surface area contributed by atoms with Gasteiger partial charge in [0.15, 0.2) is 0 Å². The highest BCUT2D eigenvalue weighted by molar-refractivity contribution is 7.86. The molecule has 0 bridgehead atoms. The number of hydrogen-bond donors (Lipinski definition) is 0. The SMILES string of the molecule is CCCCCCCCCCCCOS(=O)(=O)c1ccc(Cl)cc1. The molecule has 0 aliphatic carbocycles. The van der Waals surface area contributed by atoms with Crippen molar-refractivity contribution < 1.29 is 12.6 Å². The van der Waals surface area contributed by atoms with Crippen molar-refractivity contribution in [2.45, 2.75) is 76.0 Å². The molecule has 0 aliphatic rings. The van der Waals surface area contributed by atoms with E-state index in [0.29, 0.717) is 5.02 Å². The van der Waals surface area contributed by atoms with E-state index >= 15 is 0 Å². The fraction of sp³-hybridized carbons (Fsp3) is 0.667. The van der Waals surface area contributed by atoms with Crippen molar-refractivity contribution in [2.24, 2.45) is 0 Å². The molecule has 0 atom stereocenters. The maximum atomic E-state index is 11.9. The van der Waals surface area contributed by atoms with Crippen LogP contribution in [0.15, 0.2) is 29.2 Å². The second kappa shape index (κ2) is 11.9. The molecule has 3 nitrogen and oxygen atoms in total. The van der Waals surface area contributed by atoms with Gasteiger partial charge in [0.05, 0.1) is 11.5 Å². The van der Waals surface area contributed by atoms with Crippen LogP contribution in [0, 0.1) is 0 Å². The molecule has 132 valence electrons. The Morgan fingerprint density at radius 3 is 1.83 bits per heavy atom. The molecule has 0 aliphatic heterocycles. The summed E-state index contributed by atoms with van der Waals surface area (Å²) in [6.07, 6.45) is 12.1. The van der Waals surface area contributed by atoms with Gasteiger partial charge in [0.2, 0.25) is 0 Å². The van der Waals surface area contributed by atoms with Crippen molar-refractivity contribution in [1.82, 2.24) is 0 Å². The molecule has 5 heteroatoms. The van der Waals surface area contributed by atoms with Crippen LogP contribution < -0.4 is 0 Å². The third kappa shape index (κ3) is 9.33. The van der Waals surface area contributed by atoms with E-state index in [-0.39, 0.29) is 11.5 Å². The van der Waals surface area contributed by atoms with Crippen molar-refractivity contribution in [3.05, 3.63) is 29.3 Å². The van der Waals surface area contributed by atoms with E-state index in [0.717, 1.165) is 19.3 Å². The van der Waals surface area contributed by atoms with E-state index in [4.69, 9.17) is 15.8 Å². The maximum absolute atomic E-state index is 11.9. The molecule has 1 aromatic carbocycles. The van der Waals surface area contributed by atoms with Crippen LogP contribution in [0.2, 0.25) is 5.02 Å². The Balaban J connectivity index is 2.05. The molecule has 0 saturated heterocycles. The molecule has 1 aromatic rings. The Labute approximate surface area is 146 Å². The van der Waals surface area contributed by atoms with Gasteiger partial charge in [-0.3, -0.25) is 4.18 Å². The fourth-order valence-electron chi connectivity index (χ4n) is 2.43. The Hall–Kier alpha value is -0.580. The highest BCUT2D eigenvalue weighted by Gasteiger charge is 2.14. The van der Waals surface area contributed by atoms with Crippen molar-refractivity contribution in [3.63, 3.8) is 0 Å². The molecule has 0 aromatic heterocycles. The first kappa shape index (κ1) is 20.5. The van der Waals surface area contributed by atoms with Crippen LogP contribution in [0.1, 0.15) is 71.1 Å². The summed E-state index contributed by atoms with van der Waals surface area (Å²) in [4.78, 5) is 0.161. The van der Waals surface area contributed by atoms with Crippen LogP contribution >= 0.6 is 11.6 Å². The summed E-state index contributed by atoms with van der Waals surface area (Å²) in [7, 11) is -3.65. The van der Waals surface area contributed by atoms with Crippen LogP contribution in [0.4, 0.5) is 0 Å². The standard InChI is InChI=1S/C18H29ClO3S/c1-2-3-4-5-6-7-8-9-10-11-16-22-23(20,21)18-14-12-17(19)13-15-18/h12-15H,2-11,16H2,1H3. The molecule has 0 radical (unpaired) electrons. The smallest absolute Gasteiger partial charge is 0.266 e. The second-order valence-electron chi connectivity index (χ2n) is 5.91. The predicted octanol–water partition coefficient (Wildman–Crippen LogP) is 5.97. The van der Waals surface area contributed by atoms with Gasteiger partial charge in [-0.1, -0.05) is 76.3 Å². The Morgan fingerprint density at radius 2 is 1.30 bits per heavy atom. The van der Waals surface area contributed by atoms with E-state index in [9.17, 15) is 8.42 Å². The van der Waals surface area contributed by atoms with Crippen molar-refractivity contribution in [2.75, 3.05) is 6.61 Å². The van der Waals surface area contributed by atoms with Gasteiger partial charge in [-0.25, -0.2) is 0 Å². The molecule has 1 rings (SSSR count).